The van der Waals surface area contributed by atoms with Crippen LogP contribution >= 0.6 is 0 Å². The number of hydrogen-bond acceptors (Lipinski definition) is 5. The number of nitro groups is 1. The number of guanidine groups is 1. The van der Waals surface area contributed by atoms with Crippen molar-refractivity contribution in [2.75, 3.05) is 19.8 Å². The molecule has 2 rings (SSSR count). The highest BCUT2D eigenvalue weighted by molar-refractivity contribution is 7.99. The van der Waals surface area contributed by atoms with Crippen LogP contribution in [0.5, 0.6) is 0 Å². The Labute approximate surface area is 169 Å². The second-order valence-corrected chi connectivity index (χ2v) is 10.7. The summed E-state index contributed by atoms with van der Waals surface area (Å²) in [6.45, 7) is 6.55. The first-order chi connectivity index (χ1) is 13.2. The van der Waals surface area contributed by atoms with Gasteiger partial charge in [0.05, 0.1) is 16.2 Å². The fourth-order valence-corrected chi connectivity index (χ4v) is 5.14. The number of nitrogens with one attached hydrogen (secondary N) is 2. The molecule has 0 aliphatic carbocycles. The number of non-ortho nitro benzene ring substituents is 1. The Bertz CT molecular complexity index is 916. The van der Waals surface area contributed by atoms with Gasteiger partial charge >= 0.3 is 6.09 Å². The minimum absolute atomic E-state index is 0.0628. The molecule has 12 heteroatoms. The zero-order chi connectivity index (χ0) is 22.2. The average molecular weight is 431 g/mol. The lowest BCUT2D eigenvalue weighted by atomic mass is 9.93. The van der Waals surface area contributed by atoms with E-state index in [2.05, 4.69) is 15.0 Å². The summed E-state index contributed by atoms with van der Waals surface area (Å²) >= 11 is 0. The fraction of sp³-hybridized carbons (Fsp3) is 0.529. The molecule has 1 saturated heterocycles. The van der Waals surface area contributed by atoms with E-state index in [1.165, 1.54) is 25.3 Å². The minimum atomic E-state index is -3.35. The van der Waals surface area contributed by atoms with Gasteiger partial charge in [-0.15, -0.1) is 4.99 Å². The highest BCUT2D eigenvalue weighted by Crippen LogP contribution is 2.33. The van der Waals surface area contributed by atoms with E-state index in [-0.39, 0.29) is 23.0 Å². The van der Waals surface area contributed by atoms with Crippen molar-refractivity contribution in [1.82, 2.24) is 14.3 Å². The van der Waals surface area contributed by atoms with Crippen molar-refractivity contribution in [3.8, 4) is 0 Å². The molecule has 1 amide bonds. The highest BCUT2D eigenvalue weighted by Gasteiger charge is 2.44. The third-order valence-electron chi connectivity index (χ3n) is 4.40. The molecule has 1 heterocycles. The molecule has 1 aliphatic rings. The number of benzene rings is 1. The van der Waals surface area contributed by atoms with Gasteiger partial charge in [0.2, 0.25) is 5.96 Å². The summed E-state index contributed by atoms with van der Waals surface area (Å²) in [6.07, 6.45) is -0.918. The normalized spacial score (nSPS) is 24.0. The Kier molecular flexibility index (Phi) is 6.00. The number of thiol groups is 1. The van der Waals surface area contributed by atoms with E-state index in [1.807, 2.05) is 0 Å². The molecule has 10 nitrogen and oxygen atoms in total. The number of nitrogens with zero attached hydrogens (tertiary/aromatic N) is 3. The van der Waals surface area contributed by atoms with Crippen LogP contribution in [0, 0.1) is 15.9 Å². The number of halogens is 1. The van der Waals surface area contributed by atoms with Gasteiger partial charge in [0.15, 0.2) is 0 Å². The van der Waals surface area contributed by atoms with Crippen LogP contribution in [0.15, 0.2) is 23.2 Å². The molecule has 29 heavy (non-hydrogen) atoms. The quantitative estimate of drug-likeness (QED) is 0.381. The van der Waals surface area contributed by atoms with Gasteiger partial charge in [0.25, 0.3) is 5.69 Å². The maximum Gasteiger partial charge on any atom is 0.437 e. The zero-order valence-corrected chi connectivity index (χ0v) is 18.0. The molecule has 0 radical (unpaired) electrons. The predicted molar refractivity (Wildman–Crippen MR) is 108 cm³/mol. The summed E-state index contributed by atoms with van der Waals surface area (Å²) in [5, 5.41) is 14.0. The number of carbonyl (C=O) groups excluding carboxylic acids is 1. The molecule has 0 saturated carbocycles. The molecule has 1 aromatic carbocycles. The molecule has 0 spiro atoms. The van der Waals surface area contributed by atoms with Crippen molar-refractivity contribution in [2.24, 2.45) is 4.99 Å². The SMILES string of the molecule is CN[SH]1(=O)C[C@@](C)(c2cc([N+](=O)[O-])ccc2F)N/C(=N\C(=O)OC(C)(C)C)N1C. The van der Waals surface area contributed by atoms with Crippen molar-refractivity contribution in [2.45, 2.75) is 38.8 Å². The van der Waals surface area contributed by atoms with Crippen molar-refractivity contribution in [3.63, 3.8) is 0 Å². The third kappa shape index (κ3) is 4.88. The number of rotatable bonds is 3. The van der Waals surface area contributed by atoms with Crippen LogP contribution < -0.4 is 10.0 Å². The van der Waals surface area contributed by atoms with E-state index < -0.39 is 38.3 Å². The number of aliphatic imine (C=N–C) groups is 1. The Hall–Kier alpha value is -2.60. The second-order valence-electron chi connectivity index (χ2n) is 7.90. The molecule has 0 unspecified atom stereocenters. The molecular weight excluding hydrogens is 405 g/mol. The van der Waals surface area contributed by atoms with E-state index in [0.29, 0.717) is 0 Å². The van der Waals surface area contributed by atoms with Gasteiger partial charge < -0.3 is 10.1 Å². The monoisotopic (exact) mass is 431 g/mol. The van der Waals surface area contributed by atoms with Crippen LogP contribution in [0.2, 0.25) is 0 Å². The number of nitro benzene ring substituents is 1. The van der Waals surface area contributed by atoms with Crippen LogP contribution in [-0.4, -0.2) is 50.9 Å². The molecule has 1 aromatic rings. The minimum Gasteiger partial charge on any atom is -0.442 e. The van der Waals surface area contributed by atoms with E-state index in [9.17, 15) is 23.5 Å². The summed E-state index contributed by atoms with van der Waals surface area (Å²) < 4.78 is 37.2. The Morgan fingerprint density at radius 3 is 2.62 bits per heavy atom. The molecular formula is C17H26FN5O5S. The Morgan fingerprint density at radius 1 is 1.48 bits per heavy atom. The summed E-state index contributed by atoms with van der Waals surface area (Å²) in [5.74, 6) is -0.927. The fourth-order valence-electron chi connectivity index (χ4n) is 2.96. The van der Waals surface area contributed by atoms with Crippen molar-refractivity contribution < 1.29 is 23.1 Å². The largest absolute Gasteiger partial charge is 0.442 e. The smallest absolute Gasteiger partial charge is 0.437 e. The predicted octanol–water partition coefficient (Wildman–Crippen LogP) is 1.84. The lowest BCUT2D eigenvalue weighted by Crippen LogP contribution is -2.67. The van der Waals surface area contributed by atoms with Crippen LogP contribution in [0.4, 0.5) is 14.9 Å². The van der Waals surface area contributed by atoms with E-state index in [1.54, 1.807) is 20.8 Å². The van der Waals surface area contributed by atoms with E-state index in [0.717, 1.165) is 18.2 Å². The first kappa shape index (κ1) is 22.7. The molecule has 162 valence electrons. The van der Waals surface area contributed by atoms with E-state index in [4.69, 9.17) is 4.74 Å². The Morgan fingerprint density at radius 2 is 2.10 bits per heavy atom. The van der Waals surface area contributed by atoms with Gasteiger partial charge in [-0.2, -0.15) is 0 Å². The number of ether oxygens (including phenoxy) is 1. The molecule has 0 bridgehead atoms. The van der Waals surface area contributed by atoms with Crippen molar-refractivity contribution >= 4 is 28.0 Å². The van der Waals surface area contributed by atoms with Gasteiger partial charge in [-0.05, 0) is 40.8 Å². The van der Waals surface area contributed by atoms with Gasteiger partial charge in [-0.3, -0.25) is 18.6 Å². The number of carbonyl (C=O) groups is 1. The summed E-state index contributed by atoms with van der Waals surface area (Å²) in [6, 6.07) is 3.11. The Balaban J connectivity index is 2.56. The summed E-state index contributed by atoms with van der Waals surface area (Å²) in [5.41, 5.74) is -2.51. The van der Waals surface area contributed by atoms with Gasteiger partial charge in [0.1, 0.15) is 11.4 Å². The molecule has 1 fully saturated rings. The van der Waals surface area contributed by atoms with E-state index >= 15 is 0 Å². The van der Waals surface area contributed by atoms with Crippen molar-refractivity contribution in [1.29, 1.82) is 0 Å². The number of hydrogen-bond donors (Lipinski definition) is 3. The zero-order valence-electron chi connectivity index (χ0n) is 17.1. The molecule has 1 aliphatic heterocycles. The standard InChI is InChI=1S/C17H26FN5O5S/c1-16(2,3)28-15(24)20-14-21-17(4,10-29(27,19-5)22(14)6)12-9-11(23(25)26)7-8-13(12)18/h7-9,29H,10H2,1-6H3,(H,19,27)(H,20,21,24)/t17-/m0/s1. The first-order valence-electron chi connectivity index (χ1n) is 8.77. The topological polar surface area (TPSA) is 126 Å². The van der Waals surface area contributed by atoms with Gasteiger partial charge in [-0.1, -0.05) is 0 Å². The molecule has 2 N–H and O–H groups in total. The van der Waals surface area contributed by atoms with Crippen LogP contribution in [0.1, 0.15) is 33.3 Å². The van der Waals surface area contributed by atoms with Crippen LogP contribution in [0.3, 0.4) is 0 Å². The first-order valence-corrected chi connectivity index (χ1v) is 10.6. The van der Waals surface area contributed by atoms with Crippen LogP contribution in [0.25, 0.3) is 0 Å². The van der Waals surface area contributed by atoms with Crippen molar-refractivity contribution in [3.05, 3.63) is 39.7 Å². The second kappa shape index (κ2) is 7.67. The van der Waals surface area contributed by atoms with Gasteiger partial charge in [-0.25, -0.2) is 13.9 Å². The third-order valence-corrected chi connectivity index (χ3v) is 7.32. The molecule has 0 aromatic heterocycles. The average Bonchev–Trinajstić information content (AvgIpc) is 2.57. The lowest BCUT2D eigenvalue weighted by Gasteiger charge is -2.48. The van der Waals surface area contributed by atoms with Gasteiger partial charge in [0, 0.05) is 35.0 Å². The number of amides is 1. The maximum atomic E-state index is 14.6. The summed E-state index contributed by atoms with van der Waals surface area (Å²) in [7, 11) is -0.410. The lowest BCUT2D eigenvalue weighted by molar-refractivity contribution is -0.385. The summed E-state index contributed by atoms with van der Waals surface area (Å²) in [4.78, 5) is 26.5. The maximum absolute atomic E-state index is 14.6. The molecule has 1 atom stereocenters. The highest BCUT2D eigenvalue weighted by atomic mass is 32.3. The van der Waals surface area contributed by atoms with Crippen LogP contribution in [-0.2, 0) is 20.6 Å².